The first-order valence-corrected chi connectivity index (χ1v) is 6.33. The van der Waals surface area contributed by atoms with Gasteiger partial charge in [-0.1, -0.05) is 22.8 Å². The predicted molar refractivity (Wildman–Crippen MR) is 77.1 cm³/mol. The van der Waals surface area contributed by atoms with Crippen molar-refractivity contribution in [3.8, 4) is 22.8 Å². The van der Waals surface area contributed by atoms with Crippen molar-refractivity contribution in [2.75, 3.05) is 5.73 Å². The molecule has 0 spiro atoms. The van der Waals surface area contributed by atoms with Crippen molar-refractivity contribution in [3.05, 3.63) is 47.2 Å². The Bertz CT molecular complexity index is 749. The van der Waals surface area contributed by atoms with Crippen LogP contribution in [0.2, 0.25) is 5.02 Å². The lowest BCUT2D eigenvalue weighted by molar-refractivity contribution is 0.432. The van der Waals surface area contributed by atoms with Gasteiger partial charge in [-0.2, -0.15) is 4.98 Å². The molecule has 2 heterocycles. The summed E-state index contributed by atoms with van der Waals surface area (Å²) >= 11 is 6.13. The first kappa shape index (κ1) is 12.6. The molecule has 3 rings (SSSR count). The van der Waals surface area contributed by atoms with Crippen LogP contribution in [-0.2, 0) is 0 Å². The number of nitrogens with zero attached hydrogens (tertiary/aromatic N) is 3. The van der Waals surface area contributed by atoms with Gasteiger partial charge < -0.3 is 10.3 Å². The van der Waals surface area contributed by atoms with Crippen molar-refractivity contribution >= 4 is 17.3 Å². The SMILES string of the molecule is Cc1cnccc1-c1noc(-c2c(N)cccc2Cl)n1. The third kappa shape index (κ3) is 2.12. The highest BCUT2D eigenvalue weighted by molar-refractivity contribution is 6.33. The summed E-state index contributed by atoms with van der Waals surface area (Å²) < 4.78 is 5.28. The lowest BCUT2D eigenvalue weighted by atomic mass is 10.1. The second-order valence-electron chi connectivity index (χ2n) is 4.32. The fourth-order valence-corrected chi connectivity index (χ4v) is 2.19. The van der Waals surface area contributed by atoms with Gasteiger partial charge in [0.15, 0.2) is 0 Å². The first-order valence-electron chi connectivity index (χ1n) is 5.96. The molecule has 6 heteroatoms. The Hall–Kier alpha value is -2.40. The van der Waals surface area contributed by atoms with Crippen LogP contribution in [0.25, 0.3) is 22.8 Å². The average Bonchev–Trinajstić information content (AvgIpc) is 2.88. The van der Waals surface area contributed by atoms with E-state index >= 15 is 0 Å². The molecule has 0 atom stereocenters. The molecule has 0 saturated heterocycles. The summed E-state index contributed by atoms with van der Waals surface area (Å²) in [6.45, 7) is 1.93. The molecule has 20 heavy (non-hydrogen) atoms. The zero-order chi connectivity index (χ0) is 14.1. The van der Waals surface area contributed by atoms with Crippen LogP contribution in [0.5, 0.6) is 0 Å². The second-order valence-corrected chi connectivity index (χ2v) is 4.72. The Balaban J connectivity index is 2.10. The molecular formula is C14H11ClN4O. The number of benzene rings is 1. The van der Waals surface area contributed by atoms with Gasteiger partial charge in [0.05, 0.1) is 10.6 Å². The minimum atomic E-state index is 0.305. The van der Waals surface area contributed by atoms with Crippen molar-refractivity contribution in [2.24, 2.45) is 0 Å². The number of aromatic nitrogens is 3. The lowest BCUT2D eigenvalue weighted by Gasteiger charge is -2.02. The summed E-state index contributed by atoms with van der Waals surface area (Å²) in [5.41, 5.74) is 8.79. The highest BCUT2D eigenvalue weighted by Gasteiger charge is 2.16. The second kappa shape index (κ2) is 4.94. The smallest absolute Gasteiger partial charge is 0.261 e. The van der Waals surface area contributed by atoms with Gasteiger partial charge in [0.1, 0.15) is 0 Å². The molecule has 1 aromatic carbocycles. The summed E-state index contributed by atoms with van der Waals surface area (Å²) in [7, 11) is 0. The van der Waals surface area contributed by atoms with Crippen molar-refractivity contribution in [1.82, 2.24) is 15.1 Å². The summed E-state index contributed by atoms with van der Waals surface area (Å²) in [6, 6.07) is 7.07. The third-order valence-corrected chi connectivity index (χ3v) is 3.26. The monoisotopic (exact) mass is 286 g/mol. The Kier molecular flexibility index (Phi) is 3.12. The largest absolute Gasteiger partial charge is 0.398 e. The number of halogens is 1. The molecule has 0 bridgehead atoms. The number of rotatable bonds is 2. The van der Waals surface area contributed by atoms with E-state index in [1.54, 1.807) is 30.6 Å². The number of aryl methyl sites for hydroxylation is 1. The molecular weight excluding hydrogens is 276 g/mol. The molecule has 3 aromatic rings. The first-order chi connectivity index (χ1) is 9.66. The van der Waals surface area contributed by atoms with Crippen LogP contribution < -0.4 is 5.73 Å². The zero-order valence-corrected chi connectivity index (χ0v) is 11.4. The van der Waals surface area contributed by atoms with E-state index in [9.17, 15) is 0 Å². The molecule has 0 saturated carbocycles. The lowest BCUT2D eigenvalue weighted by Crippen LogP contribution is -1.91. The van der Waals surface area contributed by atoms with E-state index < -0.39 is 0 Å². The minimum absolute atomic E-state index is 0.305. The number of anilines is 1. The van der Waals surface area contributed by atoms with Gasteiger partial charge in [-0.3, -0.25) is 4.98 Å². The molecule has 0 radical (unpaired) electrons. The third-order valence-electron chi connectivity index (χ3n) is 2.95. The molecule has 0 aliphatic rings. The summed E-state index contributed by atoms with van der Waals surface area (Å²) in [6.07, 6.45) is 3.43. The van der Waals surface area contributed by atoms with E-state index in [2.05, 4.69) is 15.1 Å². The minimum Gasteiger partial charge on any atom is -0.398 e. The molecule has 2 aromatic heterocycles. The zero-order valence-electron chi connectivity index (χ0n) is 10.7. The summed E-state index contributed by atoms with van der Waals surface area (Å²) in [5, 5.41) is 4.46. The van der Waals surface area contributed by atoms with Crippen molar-refractivity contribution in [1.29, 1.82) is 0 Å². The number of hydrogen-bond acceptors (Lipinski definition) is 5. The van der Waals surface area contributed by atoms with E-state index in [1.165, 1.54) is 0 Å². The molecule has 0 fully saturated rings. The topological polar surface area (TPSA) is 77.8 Å². The molecule has 0 amide bonds. The standard InChI is InChI=1S/C14H11ClN4O/c1-8-7-17-6-5-9(8)13-18-14(20-19-13)12-10(15)3-2-4-11(12)16/h2-7H,16H2,1H3. The molecule has 2 N–H and O–H groups in total. The number of pyridine rings is 1. The van der Waals surface area contributed by atoms with Gasteiger partial charge in [-0.05, 0) is 30.7 Å². The van der Waals surface area contributed by atoms with E-state index in [-0.39, 0.29) is 0 Å². The molecule has 100 valence electrons. The Morgan fingerprint density at radius 3 is 2.85 bits per heavy atom. The van der Waals surface area contributed by atoms with Gasteiger partial charge in [0.25, 0.3) is 5.89 Å². The summed E-state index contributed by atoms with van der Waals surface area (Å²) in [5.74, 6) is 0.790. The average molecular weight is 287 g/mol. The Labute approximate surface area is 120 Å². The van der Waals surface area contributed by atoms with Crippen LogP contribution in [0.3, 0.4) is 0 Å². The Morgan fingerprint density at radius 1 is 1.25 bits per heavy atom. The fraction of sp³-hybridized carbons (Fsp3) is 0.0714. The van der Waals surface area contributed by atoms with Crippen LogP contribution in [0.4, 0.5) is 5.69 Å². The van der Waals surface area contributed by atoms with Gasteiger partial charge in [0, 0.05) is 23.6 Å². The van der Waals surface area contributed by atoms with Crippen LogP contribution in [-0.4, -0.2) is 15.1 Å². The maximum atomic E-state index is 6.13. The maximum absolute atomic E-state index is 6.13. The summed E-state index contributed by atoms with van der Waals surface area (Å²) in [4.78, 5) is 8.40. The van der Waals surface area contributed by atoms with E-state index in [0.29, 0.717) is 28.0 Å². The number of nitrogen functional groups attached to an aromatic ring is 1. The maximum Gasteiger partial charge on any atom is 0.261 e. The highest BCUT2D eigenvalue weighted by atomic mass is 35.5. The van der Waals surface area contributed by atoms with Crippen LogP contribution in [0.15, 0.2) is 41.2 Å². The van der Waals surface area contributed by atoms with Crippen molar-refractivity contribution in [2.45, 2.75) is 6.92 Å². The van der Waals surface area contributed by atoms with Gasteiger partial charge in [-0.15, -0.1) is 0 Å². The Morgan fingerprint density at radius 2 is 2.10 bits per heavy atom. The highest BCUT2D eigenvalue weighted by Crippen LogP contribution is 2.33. The number of nitrogens with two attached hydrogens (primary N) is 1. The van der Waals surface area contributed by atoms with Gasteiger partial charge in [0.2, 0.25) is 5.82 Å². The molecule has 0 aliphatic heterocycles. The van der Waals surface area contributed by atoms with Crippen molar-refractivity contribution < 1.29 is 4.52 Å². The van der Waals surface area contributed by atoms with Crippen LogP contribution >= 0.6 is 11.6 Å². The van der Waals surface area contributed by atoms with Gasteiger partial charge >= 0.3 is 0 Å². The van der Waals surface area contributed by atoms with Crippen LogP contribution in [0.1, 0.15) is 5.56 Å². The molecule has 5 nitrogen and oxygen atoms in total. The van der Waals surface area contributed by atoms with E-state index in [0.717, 1.165) is 11.1 Å². The van der Waals surface area contributed by atoms with Crippen LogP contribution in [0, 0.1) is 6.92 Å². The normalized spacial score (nSPS) is 10.7. The molecule has 0 aliphatic carbocycles. The van der Waals surface area contributed by atoms with Gasteiger partial charge in [-0.25, -0.2) is 0 Å². The molecule has 0 unspecified atom stereocenters. The predicted octanol–water partition coefficient (Wildman–Crippen LogP) is 3.34. The quantitative estimate of drug-likeness (QED) is 0.731. The fourth-order valence-electron chi connectivity index (χ4n) is 1.93. The number of hydrogen-bond donors (Lipinski definition) is 1. The van der Waals surface area contributed by atoms with Crippen molar-refractivity contribution in [3.63, 3.8) is 0 Å². The van der Waals surface area contributed by atoms with E-state index in [1.807, 2.05) is 13.0 Å². The van der Waals surface area contributed by atoms with E-state index in [4.69, 9.17) is 21.9 Å².